The van der Waals surface area contributed by atoms with E-state index in [1.807, 2.05) is 0 Å². The van der Waals surface area contributed by atoms with Crippen molar-refractivity contribution >= 4 is 5.78 Å². The van der Waals surface area contributed by atoms with Gasteiger partial charge in [0, 0.05) is 13.1 Å². The van der Waals surface area contributed by atoms with Crippen molar-refractivity contribution in [2.24, 2.45) is 5.41 Å². The quantitative estimate of drug-likeness (QED) is 0.632. The molecule has 0 amide bonds. The summed E-state index contributed by atoms with van der Waals surface area (Å²) in [4.78, 5) is 14.2. The first kappa shape index (κ1) is 11.4. The van der Waals surface area contributed by atoms with Crippen LogP contribution in [0.15, 0.2) is 23.9 Å². The lowest BCUT2D eigenvalue weighted by Crippen LogP contribution is -2.40. The van der Waals surface area contributed by atoms with E-state index in [1.165, 1.54) is 0 Å². The van der Waals surface area contributed by atoms with Crippen molar-refractivity contribution in [2.45, 2.75) is 20.3 Å². The monoisotopic (exact) mass is 221 g/mol. The molecule has 0 aromatic carbocycles. The number of nitrogens with zero attached hydrogens (tertiary/aromatic N) is 1. The number of hydrogen-bond donors (Lipinski definition) is 0. The Balaban J connectivity index is 2.26. The Morgan fingerprint density at radius 1 is 1.38 bits per heavy atom. The van der Waals surface area contributed by atoms with Gasteiger partial charge in [-0.15, -0.1) is 0 Å². The number of hydrogen-bond acceptors (Lipinski definition) is 3. The topological polar surface area (TPSA) is 29.5 Å². The lowest BCUT2D eigenvalue weighted by molar-refractivity contribution is -0.115. The summed E-state index contributed by atoms with van der Waals surface area (Å²) >= 11 is 0. The number of carbonyl (C=O) groups is 1. The van der Waals surface area contributed by atoms with Crippen LogP contribution < -0.4 is 0 Å². The third-order valence-corrected chi connectivity index (χ3v) is 3.10. The standard InChI is InChI=1S/C13H19NO2/c1-10-8-13(2,3)9-11(12(10)15)14-4-6-16-7-5-14/h9H,1,4-8H2,2-3H3. The SMILES string of the molecule is C=C1CC(C)(C)C=C(N2CCOCC2)C1=O. The van der Waals surface area contributed by atoms with Crippen LogP contribution in [0.4, 0.5) is 0 Å². The average molecular weight is 221 g/mol. The molecule has 3 nitrogen and oxygen atoms in total. The van der Waals surface area contributed by atoms with Crippen LogP contribution in [-0.4, -0.2) is 37.0 Å². The van der Waals surface area contributed by atoms with E-state index in [1.54, 1.807) is 0 Å². The first-order valence-electron chi connectivity index (χ1n) is 5.78. The van der Waals surface area contributed by atoms with Crippen molar-refractivity contribution in [3.8, 4) is 0 Å². The summed E-state index contributed by atoms with van der Waals surface area (Å²) in [6.45, 7) is 11.2. The zero-order valence-corrected chi connectivity index (χ0v) is 10.1. The number of ketones is 1. The van der Waals surface area contributed by atoms with Crippen molar-refractivity contribution in [2.75, 3.05) is 26.3 Å². The minimum Gasteiger partial charge on any atom is -0.378 e. The third kappa shape index (κ3) is 2.19. The predicted octanol–water partition coefficient (Wildman–Crippen LogP) is 1.76. The molecule has 0 radical (unpaired) electrons. The zero-order valence-electron chi connectivity index (χ0n) is 10.1. The van der Waals surface area contributed by atoms with Crippen molar-refractivity contribution in [1.29, 1.82) is 0 Å². The van der Waals surface area contributed by atoms with Gasteiger partial charge in [-0.05, 0) is 17.4 Å². The van der Waals surface area contributed by atoms with Gasteiger partial charge in [0.05, 0.1) is 18.9 Å². The Hall–Kier alpha value is -1.09. The highest BCUT2D eigenvalue weighted by molar-refractivity contribution is 6.08. The van der Waals surface area contributed by atoms with Crippen LogP contribution in [0, 0.1) is 5.41 Å². The molecule has 0 saturated carbocycles. The molecule has 0 spiro atoms. The highest BCUT2D eigenvalue weighted by Crippen LogP contribution is 2.35. The van der Waals surface area contributed by atoms with Gasteiger partial charge in [-0.1, -0.05) is 26.5 Å². The van der Waals surface area contributed by atoms with Crippen LogP contribution in [0.1, 0.15) is 20.3 Å². The maximum Gasteiger partial charge on any atom is 0.204 e. The lowest BCUT2D eigenvalue weighted by Gasteiger charge is -2.36. The molecule has 0 atom stereocenters. The van der Waals surface area contributed by atoms with E-state index in [4.69, 9.17) is 4.74 Å². The Labute approximate surface area is 96.8 Å². The lowest BCUT2D eigenvalue weighted by atomic mass is 9.78. The number of Topliss-reactive ketones (excluding diaryl/α,β-unsaturated/α-hetero) is 1. The Morgan fingerprint density at radius 2 is 2.00 bits per heavy atom. The van der Waals surface area contributed by atoms with Crippen LogP contribution in [0.3, 0.4) is 0 Å². The van der Waals surface area contributed by atoms with E-state index in [-0.39, 0.29) is 11.2 Å². The third-order valence-electron chi connectivity index (χ3n) is 3.10. The Bertz CT molecular complexity index is 349. The van der Waals surface area contributed by atoms with E-state index in [9.17, 15) is 4.79 Å². The van der Waals surface area contributed by atoms with Crippen molar-refractivity contribution in [3.05, 3.63) is 23.9 Å². The van der Waals surface area contributed by atoms with E-state index in [0.29, 0.717) is 13.2 Å². The van der Waals surface area contributed by atoms with Crippen LogP contribution >= 0.6 is 0 Å². The van der Waals surface area contributed by atoms with Gasteiger partial charge in [-0.25, -0.2) is 0 Å². The first-order chi connectivity index (χ1) is 7.49. The molecule has 2 aliphatic rings. The van der Waals surface area contributed by atoms with Gasteiger partial charge >= 0.3 is 0 Å². The molecule has 0 aromatic rings. The summed E-state index contributed by atoms with van der Waals surface area (Å²) in [7, 11) is 0. The summed E-state index contributed by atoms with van der Waals surface area (Å²) in [5.41, 5.74) is 1.59. The molecule has 1 fully saturated rings. The zero-order chi connectivity index (χ0) is 11.8. The minimum atomic E-state index is 0.0403. The molecular formula is C13H19NO2. The second-order valence-electron chi connectivity index (χ2n) is 5.23. The molecule has 0 N–H and O–H groups in total. The highest BCUT2D eigenvalue weighted by atomic mass is 16.5. The Morgan fingerprint density at radius 3 is 2.62 bits per heavy atom. The minimum absolute atomic E-state index is 0.0403. The van der Waals surface area contributed by atoms with Crippen LogP contribution in [-0.2, 0) is 9.53 Å². The van der Waals surface area contributed by atoms with Crippen LogP contribution in [0.5, 0.6) is 0 Å². The molecule has 0 bridgehead atoms. The van der Waals surface area contributed by atoms with Gasteiger partial charge in [0.1, 0.15) is 0 Å². The van der Waals surface area contributed by atoms with Gasteiger partial charge in [-0.3, -0.25) is 4.79 Å². The fraction of sp³-hybridized carbons (Fsp3) is 0.615. The van der Waals surface area contributed by atoms with Crippen molar-refractivity contribution < 1.29 is 9.53 Å². The van der Waals surface area contributed by atoms with Gasteiger partial charge in [0.15, 0.2) is 0 Å². The van der Waals surface area contributed by atoms with Crippen molar-refractivity contribution in [3.63, 3.8) is 0 Å². The maximum absolute atomic E-state index is 12.1. The van der Waals surface area contributed by atoms with E-state index >= 15 is 0 Å². The van der Waals surface area contributed by atoms with Gasteiger partial charge in [0.25, 0.3) is 0 Å². The van der Waals surface area contributed by atoms with Gasteiger partial charge in [-0.2, -0.15) is 0 Å². The van der Waals surface area contributed by atoms with E-state index in [0.717, 1.165) is 30.8 Å². The summed E-state index contributed by atoms with van der Waals surface area (Å²) in [5.74, 6) is 0.112. The molecule has 1 aliphatic heterocycles. The summed E-state index contributed by atoms with van der Waals surface area (Å²) in [6, 6.07) is 0. The second-order valence-corrected chi connectivity index (χ2v) is 5.23. The number of carbonyl (C=O) groups excluding carboxylic acids is 1. The molecule has 1 aliphatic carbocycles. The van der Waals surface area contributed by atoms with E-state index < -0.39 is 0 Å². The van der Waals surface area contributed by atoms with Crippen LogP contribution in [0.2, 0.25) is 0 Å². The Kier molecular flexibility index (Phi) is 2.89. The predicted molar refractivity (Wildman–Crippen MR) is 63.0 cm³/mol. The van der Waals surface area contributed by atoms with Crippen LogP contribution in [0.25, 0.3) is 0 Å². The maximum atomic E-state index is 12.1. The summed E-state index contributed by atoms with van der Waals surface area (Å²) in [6.07, 6.45) is 2.86. The number of rotatable bonds is 1. The largest absolute Gasteiger partial charge is 0.378 e. The molecule has 1 saturated heterocycles. The van der Waals surface area contributed by atoms with Gasteiger partial charge < -0.3 is 9.64 Å². The van der Waals surface area contributed by atoms with Gasteiger partial charge in [0.2, 0.25) is 5.78 Å². The molecular weight excluding hydrogens is 202 g/mol. The molecule has 0 unspecified atom stereocenters. The molecule has 0 aromatic heterocycles. The number of allylic oxidation sites excluding steroid dienone is 2. The molecule has 88 valence electrons. The molecule has 3 heteroatoms. The number of morpholine rings is 1. The highest BCUT2D eigenvalue weighted by Gasteiger charge is 2.32. The van der Waals surface area contributed by atoms with E-state index in [2.05, 4.69) is 31.4 Å². The molecule has 16 heavy (non-hydrogen) atoms. The fourth-order valence-corrected chi connectivity index (χ4v) is 2.34. The average Bonchev–Trinajstić information content (AvgIpc) is 2.24. The summed E-state index contributed by atoms with van der Waals surface area (Å²) in [5, 5.41) is 0. The molecule has 1 heterocycles. The smallest absolute Gasteiger partial charge is 0.204 e. The first-order valence-corrected chi connectivity index (χ1v) is 5.78. The van der Waals surface area contributed by atoms with Crippen molar-refractivity contribution in [1.82, 2.24) is 4.90 Å². The number of ether oxygens (including phenoxy) is 1. The molecule has 2 rings (SSSR count). The fourth-order valence-electron chi connectivity index (χ4n) is 2.34. The summed E-state index contributed by atoms with van der Waals surface area (Å²) < 4.78 is 5.30. The normalized spacial score (nSPS) is 25.6. The second kappa shape index (κ2) is 4.06.